The lowest BCUT2D eigenvalue weighted by Gasteiger charge is -2.63. The minimum absolute atomic E-state index is 0. The number of likely N-dealkylation sites (tertiary alicyclic amines) is 1. The Morgan fingerprint density at radius 1 is 0.844 bits per heavy atom. The zero-order valence-corrected chi connectivity index (χ0v) is 48.5. The second-order valence-corrected chi connectivity index (χ2v) is 26.5. The van der Waals surface area contributed by atoms with E-state index in [-0.39, 0.29) is 114 Å². The van der Waals surface area contributed by atoms with Crippen molar-refractivity contribution < 1.29 is 75.2 Å². The SMILES string of the molecule is CC1CCC(C(=O)N(c2cc(-c3ccccc3)sc2C(=O)OCOC(=O)CCC(=O)O[C@@H]2CC[C@@]3(C)C(C2)C[C@@H](O)C2C3C[C@H](O)[C@@]3(C)C2CCC3[C@H](C)CCC(=O)NCC(=O)OC(C)(C)C)C2CC[NH+](C)CC2)CC1.[Cl-]. The molecule has 2 amide bonds. The van der Waals surface area contributed by atoms with Crippen LogP contribution in [-0.2, 0) is 42.9 Å². The third-order valence-corrected chi connectivity index (χ3v) is 20.6. The van der Waals surface area contributed by atoms with Crippen LogP contribution < -0.4 is 27.5 Å². The molecular weight excluding hydrogens is 1020 g/mol. The number of nitrogens with one attached hydrogen (secondary N) is 2. The van der Waals surface area contributed by atoms with Gasteiger partial charge in [-0.2, -0.15) is 0 Å². The maximum absolute atomic E-state index is 14.6. The van der Waals surface area contributed by atoms with Crippen molar-refractivity contribution in [1.82, 2.24) is 5.32 Å². The lowest BCUT2D eigenvalue weighted by molar-refractivity contribution is -0.884. The molecule has 17 heteroatoms. The summed E-state index contributed by atoms with van der Waals surface area (Å²) in [7, 11) is 2.17. The van der Waals surface area contributed by atoms with Crippen molar-refractivity contribution in [3.63, 3.8) is 0 Å². The first-order valence-corrected chi connectivity index (χ1v) is 29.6. The highest BCUT2D eigenvalue weighted by Crippen LogP contribution is 2.68. The van der Waals surface area contributed by atoms with E-state index in [1.54, 1.807) is 20.8 Å². The third kappa shape index (κ3) is 13.9. The maximum Gasteiger partial charge on any atom is 0.353 e. The standard InChI is InChI=1S/C60H87N3O12S.ClH/c1-36-14-17-39(18-15-36)56(70)63(41-25-28-62(8)29-26-41)46-33-48(38-12-10-9-11-13-38)76-55(46)57(71)73-35-72-51(67)22-23-52(68)74-42-24-27-59(6)40(30-42)31-47(64)54-44-20-19-43(60(44,7)49(65)32-45(54)59)37(2)16-21-50(66)61-34-53(69)75-58(3,4)5;/h9-13,33,36-37,39-45,47,49,54,64-65H,14-32,34-35H2,1-8H3,(H,61,66);1H/t36?,37-,39?,40?,42-,43?,44?,45?,47-,49+,54?,59+,60-;/m1./s1. The first kappa shape index (κ1) is 60.5. The number of ether oxygens (including phenoxy) is 4. The van der Waals surface area contributed by atoms with Gasteiger partial charge < -0.3 is 56.7 Å². The Kier molecular flexibility index (Phi) is 20.1. The topological polar surface area (TPSA) is 200 Å². The van der Waals surface area contributed by atoms with Gasteiger partial charge in [0, 0.05) is 36.1 Å². The van der Waals surface area contributed by atoms with E-state index in [1.807, 2.05) is 41.3 Å². The number of aliphatic hydroxyl groups is 2. The molecule has 2 aromatic rings. The van der Waals surface area contributed by atoms with Gasteiger partial charge in [-0.05, 0) is 162 Å². The van der Waals surface area contributed by atoms with Gasteiger partial charge >= 0.3 is 23.9 Å². The summed E-state index contributed by atoms with van der Waals surface area (Å²) in [6.07, 6.45) is 9.24. The smallest absolute Gasteiger partial charge is 0.353 e. The summed E-state index contributed by atoms with van der Waals surface area (Å²) in [4.78, 5) is 84.3. The van der Waals surface area contributed by atoms with E-state index in [1.165, 1.54) is 16.2 Å². The molecule has 11 atom stereocenters. The number of rotatable bonds is 17. The number of piperidine rings is 1. The molecule has 1 aliphatic heterocycles. The molecule has 0 radical (unpaired) electrons. The zero-order chi connectivity index (χ0) is 54.7. The van der Waals surface area contributed by atoms with E-state index in [0.29, 0.717) is 43.7 Å². The largest absolute Gasteiger partial charge is 1.00 e. The molecule has 4 N–H and O–H groups in total. The van der Waals surface area contributed by atoms with Gasteiger partial charge in [-0.15, -0.1) is 11.3 Å². The summed E-state index contributed by atoms with van der Waals surface area (Å²) in [6.45, 7) is 15.3. The van der Waals surface area contributed by atoms with Gasteiger partial charge in [0.2, 0.25) is 18.6 Å². The van der Waals surface area contributed by atoms with Crippen molar-refractivity contribution in [2.24, 2.45) is 58.2 Å². The highest BCUT2D eigenvalue weighted by Gasteiger charge is 2.66. The second-order valence-electron chi connectivity index (χ2n) is 25.5. The number of amides is 2. The van der Waals surface area contributed by atoms with Crippen LogP contribution in [0.4, 0.5) is 5.69 Å². The van der Waals surface area contributed by atoms with Gasteiger partial charge in [-0.3, -0.25) is 24.0 Å². The highest BCUT2D eigenvalue weighted by molar-refractivity contribution is 7.18. The van der Waals surface area contributed by atoms with Gasteiger partial charge in [0.05, 0.1) is 50.9 Å². The van der Waals surface area contributed by atoms with Crippen LogP contribution in [0.3, 0.4) is 0 Å². The molecule has 1 aromatic carbocycles. The molecule has 1 saturated heterocycles. The summed E-state index contributed by atoms with van der Waals surface area (Å²) >= 11 is 1.27. The van der Waals surface area contributed by atoms with Crippen LogP contribution in [0.2, 0.25) is 0 Å². The quantitative estimate of drug-likeness (QED) is 0.0933. The number of fused-ring (bicyclic) bond motifs is 5. The Morgan fingerprint density at radius 3 is 2.22 bits per heavy atom. The van der Waals surface area contributed by atoms with E-state index in [4.69, 9.17) is 18.9 Å². The Hall–Kier alpha value is -4.09. The first-order valence-electron chi connectivity index (χ1n) is 28.8. The van der Waals surface area contributed by atoms with Gasteiger partial charge in [-0.25, -0.2) is 4.79 Å². The normalized spacial score (nSPS) is 33.1. The molecule has 1 aromatic heterocycles. The molecular formula is C60H88ClN3O12S. The van der Waals surface area contributed by atoms with Crippen molar-refractivity contribution >= 4 is 52.7 Å². The van der Waals surface area contributed by atoms with Gasteiger partial charge in [0.1, 0.15) is 23.1 Å². The molecule has 0 spiro atoms. The monoisotopic (exact) mass is 1110 g/mol. The number of quaternary nitrogens is 1. The van der Waals surface area contributed by atoms with Gasteiger partial charge in [-0.1, -0.05) is 58.0 Å². The fraction of sp³-hybridized carbons (Fsp3) is 0.733. The number of esters is 4. The zero-order valence-electron chi connectivity index (χ0n) is 47.0. The molecule has 5 unspecified atom stereocenters. The fourth-order valence-corrected chi connectivity index (χ4v) is 16.2. The van der Waals surface area contributed by atoms with Crippen LogP contribution in [0.5, 0.6) is 0 Å². The van der Waals surface area contributed by atoms with E-state index in [2.05, 4.69) is 40.1 Å². The number of benzene rings is 1. The summed E-state index contributed by atoms with van der Waals surface area (Å²) in [5.41, 5.74) is 0.274. The van der Waals surface area contributed by atoms with Crippen molar-refractivity contribution in [2.75, 3.05) is 38.4 Å². The predicted octanol–water partition coefficient (Wildman–Crippen LogP) is 5.08. The number of hydrogen-bond acceptors (Lipinski definition) is 13. The van der Waals surface area contributed by atoms with Crippen LogP contribution in [0, 0.1) is 58.2 Å². The van der Waals surface area contributed by atoms with Crippen LogP contribution in [0.25, 0.3) is 10.4 Å². The van der Waals surface area contributed by atoms with Crippen molar-refractivity contribution in [3.05, 3.63) is 41.3 Å². The predicted molar refractivity (Wildman–Crippen MR) is 289 cm³/mol. The van der Waals surface area contributed by atoms with Crippen LogP contribution in [-0.4, -0.2) is 109 Å². The number of thiophene rings is 1. The van der Waals surface area contributed by atoms with Crippen LogP contribution in [0.1, 0.15) is 167 Å². The summed E-state index contributed by atoms with van der Waals surface area (Å²) in [5.74, 6) is -1.36. The van der Waals surface area contributed by atoms with Crippen molar-refractivity contribution in [3.8, 4) is 10.4 Å². The number of carbonyl (C=O) groups is 6. The average molecular weight is 1110 g/mol. The second kappa shape index (κ2) is 25.6. The summed E-state index contributed by atoms with van der Waals surface area (Å²) < 4.78 is 22.3. The fourth-order valence-electron chi connectivity index (χ4n) is 15.2. The van der Waals surface area contributed by atoms with Gasteiger partial charge in [0.15, 0.2) is 0 Å². The third-order valence-electron chi connectivity index (χ3n) is 19.4. The van der Waals surface area contributed by atoms with E-state index in [0.717, 1.165) is 81.3 Å². The number of carbonyl (C=O) groups excluding carboxylic acids is 6. The molecule has 428 valence electrons. The van der Waals surface area contributed by atoms with E-state index < -0.39 is 53.9 Å². The first-order chi connectivity index (χ1) is 36.0. The van der Waals surface area contributed by atoms with E-state index >= 15 is 0 Å². The summed E-state index contributed by atoms with van der Waals surface area (Å²) in [5, 5.41) is 26.9. The Labute approximate surface area is 467 Å². The molecule has 15 nitrogen and oxygen atoms in total. The molecule has 2 heterocycles. The maximum atomic E-state index is 14.6. The average Bonchev–Trinajstić information content (AvgIpc) is 4.10. The molecule has 8 rings (SSSR count). The molecule has 5 aliphatic carbocycles. The van der Waals surface area contributed by atoms with Gasteiger partial charge in [0.25, 0.3) is 0 Å². The molecule has 5 saturated carbocycles. The Balaban J connectivity index is 0.00000861. The number of hydrogen-bond donors (Lipinski definition) is 4. The minimum atomic E-state index is -0.705. The minimum Gasteiger partial charge on any atom is -1.00 e. The van der Waals surface area contributed by atoms with E-state index in [9.17, 15) is 39.0 Å². The number of nitrogens with zero attached hydrogens (tertiary/aromatic N) is 1. The molecule has 0 bridgehead atoms. The van der Waals surface area contributed by atoms with Crippen molar-refractivity contribution in [1.29, 1.82) is 0 Å². The number of halogens is 1. The molecule has 6 aliphatic rings. The van der Waals surface area contributed by atoms with Crippen LogP contribution in [0.15, 0.2) is 36.4 Å². The summed E-state index contributed by atoms with van der Waals surface area (Å²) in [6, 6.07) is 11.6. The van der Waals surface area contributed by atoms with Crippen molar-refractivity contribution in [2.45, 2.75) is 188 Å². The lowest BCUT2D eigenvalue weighted by Crippen LogP contribution is -3.10. The molecule has 77 heavy (non-hydrogen) atoms. The Morgan fingerprint density at radius 2 is 1.53 bits per heavy atom. The number of anilines is 1. The number of aliphatic hydroxyl groups excluding tert-OH is 2. The highest BCUT2D eigenvalue weighted by atomic mass is 35.5. The molecule has 6 fully saturated rings. The lowest BCUT2D eigenvalue weighted by atomic mass is 9.43. The Bertz CT molecular complexity index is 2380. The van der Waals surface area contributed by atoms with Crippen LogP contribution >= 0.6 is 11.3 Å².